The molecule has 170 valence electrons. The number of hydrogen-bond donors (Lipinski definition) is 2. The molecule has 32 heavy (non-hydrogen) atoms. The van der Waals surface area contributed by atoms with Crippen LogP contribution in [0.25, 0.3) is 10.9 Å². The summed E-state index contributed by atoms with van der Waals surface area (Å²) < 4.78 is 7.30. The molecule has 2 atom stereocenters. The van der Waals surface area contributed by atoms with E-state index in [-0.39, 0.29) is 5.54 Å². The summed E-state index contributed by atoms with van der Waals surface area (Å²) in [7, 11) is 1.89. The number of aliphatic hydroxyl groups excluding tert-OH is 1. The molecular formula is C23H29ClN6O2. The van der Waals surface area contributed by atoms with Crippen LogP contribution in [-0.4, -0.2) is 67.7 Å². The van der Waals surface area contributed by atoms with Gasteiger partial charge in [0.2, 0.25) is 5.95 Å². The lowest BCUT2D eigenvalue weighted by molar-refractivity contribution is -0.00211. The van der Waals surface area contributed by atoms with Crippen LogP contribution in [0.4, 0.5) is 11.8 Å². The molecule has 0 bridgehead atoms. The second-order valence-corrected chi connectivity index (χ2v) is 9.60. The number of aliphatic hydroxyl groups is 1. The predicted octanol–water partition coefficient (Wildman–Crippen LogP) is 3.40. The summed E-state index contributed by atoms with van der Waals surface area (Å²) >= 11 is 6.69. The molecule has 4 heterocycles. The number of rotatable bonds is 4. The standard InChI is InChI=1S/C23H29ClN6O2/c1-14-8-21(29(3)28-14)27-22-25-11-16-9-18(24)17(10-19(16)26-22)15-4-6-30(7-5-15)23(2)13-32-12-20(23)31/h8-11,15,20,31H,4-7,12-13H2,1-3H3,(H,25,26,27)/t20-,23+/m0/s1. The van der Waals surface area contributed by atoms with Crippen LogP contribution < -0.4 is 5.32 Å². The van der Waals surface area contributed by atoms with Gasteiger partial charge in [-0.25, -0.2) is 9.97 Å². The monoisotopic (exact) mass is 456 g/mol. The largest absolute Gasteiger partial charge is 0.389 e. The number of piperidine rings is 1. The van der Waals surface area contributed by atoms with E-state index in [9.17, 15) is 5.11 Å². The summed E-state index contributed by atoms with van der Waals surface area (Å²) in [6.45, 7) is 6.87. The molecule has 5 rings (SSSR count). The van der Waals surface area contributed by atoms with Crippen molar-refractivity contribution in [2.75, 3.05) is 31.6 Å². The van der Waals surface area contributed by atoms with E-state index in [1.165, 1.54) is 0 Å². The number of nitrogens with zero attached hydrogens (tertiary/aromatic N) is 5. The number of likely N-dealkylation sites (tertiary alicyclic amines) is 1. The quantitative estimate of drug-likeness (QED) is 0.622. The third-order valence-electron chi connectivity index (χ3n) is 6.99. The normalized spacial score (nSPS) is 25.0. The first-order chi connectivity index (χ1) is 15.3. The van der Waals surface area contributed by atoms with Gasteiger partial charge in [0.15, 0.2) is 0 Å². The lowest BCUT2D eigenvalue weighted by Gasteiger charge is -2.43. The van der Waals surface area contributed by atoms with Crippen molar-refractivity contribution < 1.29 is 9.84 Å². The zero-order valence-corrected chi connectivity index (χ0v) is 19.4. The Kier molecular flexibility index (Phi) is 5.57. The number of ether oxygens (including phenoxy) is 1. The minimum absolute atomic E-state index is 0.296. The Morgan fingerprint density at radius 3 is 2.69 bits per heavy atom. The van der Waals surface area contributed by atoms with Gasteiger partial charge in [-0.1, -0.05) is 11.6 Å². The van der Waals surface area contributed by atoms with Crippen molar-refractivity contribution in [2.24, 2.45) is 7.05 Å². The maximum absolute atomic E-state index is 10.4. The van der Waals surface area contributed by atoms with Crippen molar-refractivity contribution in [1.82, 2.24) is 24.6 Å². The highest BCUT2D eigenvalue weighted by Gasteiger charge is 2.45. The smallest absolute Gasteiger partial charge is 0.228 e. The molecule has 2 aromatic heterocycles. The van der Waals surface area contributed by atoms with Gasteiger partial charge >= 0.3 is 0 Å². The summed E-state index contributed by atoms with van der Waals surface area (Å²) in [6.07, 6.45) is 3.33. The third-order valence-corrected chi connectivity index (χ3v) is 7.31. The van der Waals surface area contributed by atoms with E-state index in [1.807, 2.05) is 26.1 Å². The fraction of sp³-hybridized carbons (Fsp3) is 0.522. The lowest BCUT2D eigenvalue weighted by Crippen LogP contribution is -2.56. The van der Waals surface area contributed by atoms with Crippen LogP contribution >= 0.6 is 11.6 Å². The minimum atomic E-state index is -0.436. The number of halogens is 1. The summed E-state index contributed by atoms with van der Waals surface area (Å²) in [5, 5.41) is 19.7. The Balaban J connectivity index is 1.36. The van der Waals surface area contributed by atoms with Crippen molar-refractivity contribution in [2.45, 2.75) is 44.2 Å². The van der Waals surface area contributed by atoms with E-state index >= 15 is 0 Å². The van der Waals surface area contributed by atoms with Crippen molar-refractivity contribution in [3.8, 4) is 0 Å². The van der Waals surface area contributed by atoms with Gasteiger partial charge in [-0.15, -0.1) is 0 Å². The molecule has 2 aliphatic heterocycles. The van der Waals surface area contributed by atoms with E-state index in [0.29, 0.717) is 25.1 Å². The summed E-state index contributed by atoms with van der Waals surface area (Å²) in [5.41, 5.74) is 2.64. The van der Waals surface area contributed by atoms with Gasteiger partial charge in [0.25, 0.3) is 0 Å². The van der Waals surface area contributed by atoms with Gasteiger partial charge in [0, 0.05) is 29.7 Å². The molecule has 0 spiro atoms. The van der Waals surface area contributed by atoms with E-state index in [4.69, 9.17) is 21.3 Å². The number of aryl methyl sites for hydroxylation is 2. The Hall–Kier alpha value is -2.26. The maximum Gasteiger partial charge on any atom is 0.228 e. The van der Waals surface area contributed by atoms with Gasteiger partial charge in [-0.3, -0.25) is 9.58 Å². The number of anilines is 2. The second kappa shape index (κ2) is 8.26. The van der Waals surface area contributed by atoms with Gasteiger partial charge < -0.3 is 15.2 Å². The second-order valence-electron chi connectivity index (χ2n) is 9.20. The van der Waals surface area contributed by atoms with Gasteiger partial charge in [0.05, 0.1) is 36.1 Å². The molecular weight excluding hydrogens is 428 g/mol. The first kappa shape index (κ1) is 21.6. The van der Waals surface area contributed by atoms with Crippen molar-refractivity contribution in [3.05, 3.63) is 40.7 Å². The molecule has 9 heteroatoms. The molecule has 2 N–H and O–H groups in total. The van der Waals surface area contributed by atoms with Crippen molar-refractivity contribution in [3.63, 3.8) is 0 Å². The Morgan fingerprint density at radius 1 is 1.25 bits per heavy atom. The molecule has 2 saturated heterocycles. The van der Waals surface area contributed by atoms with Gasteiger partial charge in [-0.2, -0.15) is 5.10 Å². The fourth-order valence-electron chi connectivity index (χ4n) is 4.94. The number of fused-ring (bicyclic) bond motifs is 1. The highest BCUT2D eigenvalue weighted by Crippen LogP contribution is 2.38. The molecule has 2 aliphatic rings. The number of benzene rings is 1. The van der Waals surface area contributed by atoms with E-state index in [2.05, 4.69) is 33.3 Å². The SMILES string of the molecule is Cc1cc(Nc2ncc3cc(Cl)c(C4CCN([C@]5(C)COC[C@@H]5O)CC4)cc3n2)n(C)n1. The molecule has 2 fully saturated rings. The molecule has 0 unspecified atom stereocenters. The van der Waals surface area contributed by atoms with Crippen molar-refractivity contribution in [1.29, 1.82) is 0 Å². The fourth-order valence-corrected chi connectivity index (χ4v) is 5.27. The first-order valence-corrected chi connectivity index (χ1v) is 11.5. The van der Waals surface area contributed by atoms with Crippen LogP contribution in [0.15, 0.2) is 24.4 Å². The maximum atomic E-state index is 10.4. The highest BCUT2D eigenvalue weighted by atomic mass is 35.5. The third kappa shape index (κ3) is 3.85. The summed E-state index contributed by atoms with van der Waals surface area (Å²) in [5.74, 6) is 1.74. The van der Waals surface area contributed by atoms with Gasteiger partial charge in [0.1, 0.15) is 5.82 Å². The first-order valence-electron chi connectivity index (χ1n) is 11.1. The van der Waals surface area contributed by atoms with Crippen LogP contribution in [0.1, 0.15) is 36.9 Å². The van der Waals surface area contributed by atoms with Crippen LogP contribution in [-0.2, 0) is 11.8 Å². The van der Waals surface area contributed by atoms with Crippen LogP contribution in [0.5, 0.6) is 0 Å². The van der Waals surface area contributed by atoms with E-state index < -0.39 is 6.10 Å². The zero-order valence-electron chi connectivity index (χ0n) is 18.7. The number of aromatic nitrogens is 4. The van der Waals surface area contributed by atoms with Crippen LogP contribution in [0.3, 0.4) is 0 Å². The molecule has 8 nitrogen and oxygen atoms in total. The molecule has 0 saturated carbocycles. The van der Waals surface area contributed by atoms with E-state index in [1.54, 1.807) is 10.9 Å². The van der Waals surface area contributed by atoms with Gasteiger partial charge in [-0.05, 0) is 63.4 Å². The molecule has 3 aromatic rings. The van der Waals surface area contributed by atoms with Crippen molar-refractivity contribution >= 4 is 34.3 Å². The zero-order chi connectivity index (χ0) is 22.5. The Labute approximate surface area is 192 Å². The number of nitrogens with one attached hydrogen (secondary N) is 1. The number of hydrogen-bond acceptors (Lipinski definition) is 7. The molecule has 0 aliphatic carbocycles. The average Bonchev–Trinajstić information content (AvgIpc) is 3.28. The molecule has 0 radical (unpaired) electrons. The lowest BCUT2D eigenvalue weighted by atomic mass is 9.85. The average molecular weight is 457 g/mol. The van der Waals surface area contributed by atoms with E-state index in [0.717, 1.165) is 58.9 Å². The minimum Gasteiger partial charge on any atom is -0.389 e. The van der Waals surface area contributed by atoms with Crippen LogP contribution in [0.2, 0.25) is 5.02 Å². The Morgan fingerprint density at radius 2 is 2.03 bits per heavy atom. The highest BCUT2D eigenvalue weighted by molar-refractivity contribution is 6.32. The predicted molar refractivity (Wildman–Crippen MR) is 125 cm³/mol. The summed E-state index contributed by atoms with van der Waals surface area (Å²) in [4.78, 5) is 11.5. The van der Waals surface area contributed by atoms with Crippen LogP contribution in [0, 0.1) is 6.92 Å². The molecule has 1 aromatic carbocycles. The molecule has 0 amide bonds. The topological polar surface area (TPSA) is 88.3 Å². The Bertz CT molecular complexity index is 1140. The summed E-state index contributed by atoms with van der Waals surface area (Å²) in [6, 6.07) is 6.03.